The smallest absolute Gasteiger partial charge is 0.135 e. The van der Waals surface area contributed by atoms with E-state index >= 15 is 0 Å². The molecule has 12 rings (SSSR count). The number of hydrogen-bond donors (Lipinski definition) is 0. The largest absolute Gasteiger partial charge is 0.456 e. The van der Waals surface area contributed by atoms with Crippen LogP contribution in [0.25, 0.3) is 93.2 Å². The molecule has 0 fully saturated rings. The van der Waals surface area contributed by atoms with Gasteiger partial charge in [0.2, 0.25) is 0 Å². The summed E-state index contributed by atoms with van der Waals surface area (Å²) in [5.74, 6) is 0. The van der Waals surface area contributed by atoms with Crippen LogP contribution < -0.4 is 4.90 Å². The Morgan fingerprint density at radius 3 is 1.85 bits per heavy atom. The number of benzene rings is 10. The molecule has 0 atom stereocenters. The first-order valence-electron chi connectivity index (χ1n) is 20.2. The van der Waals surface area contributed by atoms with E-state index in [1.54, 1.807) is 0 Å². The normalized spacial score (nSPS) is 11.7. The molecule has 0 aliphatic carbocycles. The number of rotatable bonds is 6. The highest BCUT2D eigenvalue weighted by atomic mass is 16.3. The molecule has 0 spiro atoms. The van der Waals surface area contributed by atoms with E-state index in [0.29, 0.717) is 0 Å². The number of nitrogens with zero attached hydrogens (tertiary/aromatic N) is 2. The predicted octanol–water partition coefficient (Wildman–Crippen LogP) is 15.8. The van der Waals surface area contributed by atoms with Crippen molar-refractivity contribution in [2.24, 2.45) is 0 Å². The van der Waals surface area contributed by atoms with Crippen LogP contribution in [0.5, 0.6) is 0 Å². The van der Waals surface area contributed by atoms with Crippen molar-refractivity contribution in [1.29, 1.82) is 0 Å². The maximum absolute atomic E-state index is 6.29. The van der Waals surface area contributed by atoms with Gasteiger partial charge in [0.05, 0.1) is 16.7 Å². The van der Waals surface area contributed by atoms with Crippen LogP contribution in [0.1, 0.15) is 0 Å². The summed E-state index contributed by atoms with van der Waals surface area (Å²) in [7, 11) is 0. The summed E-state index contributed by atoms with van der Waals surface area (Å²) < 4.78 is 8.67. The minimum atomic E-state index is 0.880. The Labute approximate surface area is 341 Å². The number of anilines is 3. The van der Waals surface area contributed by atoms with Crippen molar-refractivity contribution in [3.8, 4) is 27.9 Å². The SMILES string of the molecule is c1ccc(-n2c3ccccc3c3cc(-c4ccc(N(c5ccc(-c6ccc7ccccc7c6)cc5)c5ccc6oc7ccccc7c6c5)c5ccccc45)ccc32)cc1. The lowest BCUT2D eigenvalue weighted by atomic mass is 9.95. The van der Waals surface area contributed by atoms with Crippen molar-refractivity contribution < 1.29 is 4.42 Å². The average Bonchev–Trinajstić information content (AvgIpc) is 3.85. The number of furan rings is 1. The third kappa shape index (κ3) is 5.44. The Hall–Kier alpha value is -7.88. The van der Waals surface area contributed by atoms with Gasteiger partial charge in [0.15, 0.2) is 0 Å². The average molecular weight is 753 g/mol. The molecule has 3 nitrogen and oxygen atoms in total. The van der Waals surface area contributed by atoms with Crippen molar-refractivity contribution in [1.82, 2.24) is 4.57 Å². The van der Waals surface area contributed by atoms with Gasteiger partial charge in [-0.1, -0.05) is 140 Å². The van der Waals surface area contributed by atoms with Crippen LogP contribution in [0.2, 0.25) is 0 Å². The Morgan fingerprint density at radius 1 is 0.339 bits per heavy atom. The summed E-state index contributed by atoms with van der Waals surface area (Å²) in [4.78, 5) is 2.40. The summed E-state index contributed by atoms with van der Waals surface area (Å²) in [5, 5.41) is 9.55. The molecule has 2 heterocycles. The van der Waals surface area contributed by atoms with E-state index < -0.39 is 0 Å². The molecule has 0 saturated carbocycles. The number of hydrogen-bond acceptors (Lipinski definition) is 2. The standard InChI is InChI=1S/C56H36N2O/c1-2-14-42(15-3-1)58-52-20-10-8-18-48(52)50-35-41(26-31-54(50)58)45-30-32-53(47-17-7-6-16-46(45)47)57(44-29-33-56-51(36-44)49-19-9-11-21-55(49)59-56)43-27-24-38(25-28-43)40-23-22-37-12-4-5-13-39(37)34-40/h1-36H. The Morgan fingerprint density at radius 2 is 0.983 bits per heavy atom. The van der Waals surface area contributed by atoms with E-state index in [1.165, 1.54) is 65.6 Å². The van der Waals surface area contributed by atoms with E-state index in [4.69, 9.17) is 4.42 Å². The second-order valence-corrected chi connectivity index (χ2v) is 15.3. The molecule has 0 saturated heterocycles. The first kappa shape index (κ1) is 33.3. The van der Waals surface area contributed by atoms with Gasteiger partial charge in [-0.05, 0) is 117 Å². The summed E-state index contributed by atoms with van der Waals surface area (Å²) in [6.45, 7) is 0. The molecule has 10 aromatic carbocycles. The van der Waals surface area contributed by atoms with Gasteiger partial charge in [0.25, 0.3) is 0 Å². The molecular weight excluding hydrogens is 717 g/mol. The van der Waals surface area contributed by atoms with Crippen LogP contribution >= 0.6 is 0 Å². The van der Waals surface area contributed by atoms with Crippen LogP contribution in [0, 0.1) is 0 Å². The Balaban J connectivity index is 1.03. The van der Waals surface area contributed by atoms with Gasteiger partial charge in [0.1, 0.15) is 11.2 Å². The Kier molecular flexibility index (Phi) is 7.54. The van der Waals surface area contributed by atoms with Gasteiger partial charge in [-0.25, -0.2) is 0 Å². The maximum atomic E-state index is 6.29. The van der Waals surface area contributed by atoms with Gasteiger partial charge in [-0.15, -0.1) is 0 Å². The molecule has 0 unspecified atom stereocenters. The van der Waals surface area contributed by atoms with Gasteiger partial charge < -0.3 is 13.9 Å². The summed E-state index contributed by atoms with van der Waals surface area (Å²) in [5.41, 5.74) is 13.4. The summed E-state index contributed by atoms with van der Waals surface area (Å²) in [6, 6.07) is 78.9. The molecule has 0 N–H and O–H groups in total. The lowest BCUT2D eigenvalue weighted by molar-refractivity contribution is 0.669. The highest BCUT2D eigenvalue weighted by molar-refractivity contribution is 6.13. The first-order chi connectivity index (χ1) is 29.2. The van der Waals surface area contributed by atoms with Crippen LogP contribution in [0.15, 0.2) is 223 Å². The molecule has 3 heteroatoms. The predicted molar refractivity (Wildman–Crippen MR) is 249 cm³/mol. The molecular formula is C56H36N2O. The molecule has 0 aliphatic rings. The van der Waals surface area contributed by atoms with Crippen LogP contribution in [-0.2, 0) is 0 Å². The molecule has 0 bridgehead atoms. The van der Waals surface area contributed by atoms with E-state index in [0.717, 1.165) is 44.7 Å². The van der Waals surface area contributed by atoms with Gasteiger partial charge >= 0.3 is 0 Å². The van der Waals surface area contributed by atoms with Crippen LogP contribution in [0.4, 0.5) is 17.1 Å². The molecule has 0 aliphatic heterocycles. The number of fused-ring (bicyclic) bond motifs is 8. The van der Waals surface area contributed by atoms with E-state index in [9.17, 15) is 0 Å². The lowest BCUT2D eigenvalue weighted by Crippen LogP contribution is -2.10. The van der Waals surface area contributed by atoms with Crippen molar-refractivity contribution in [2.45, 2.75) is 0 Å². The molecule has 276 valence electrons. The fourth-order valence-electron chi connectivity index (χ4n) is 9.18. The third-order valence-electron chi connectivity index (χ3n) is 12.0. The number of aromatic nitrogens is 1. The lowest BCUT2D eigenvalue weighted by Gasteiger charge is -2.28. The zero-order valence-corrected chi connectivity index (χ0v) is 32.1. The maximum Gasteiger partial charge on any atom is 0.135 e. The zero-order valence-electron chi connectivity index (χ0n) is 32.1. The second kappa shape index (κ2) is 13.4. The summed E-state index contributed by atoms with van der Waals surface area (Å²) in [6.07, 6.45) is 0. The molecule has 0 amide bonds. The zero-order chi connectivity index (χ0) is 38.9. The van der Waals surface area contributed by atoms with Gasteiger partial charge in [-0.3, -0.25) is 0 Å². The minimum Gasteiger partial charge on any atom is -0.456 e. The summed E-state index contributed by atoms with van der Waals surface area (Å²) >= 11 is 0. The van der Waals surface area contributed by atoms with Crippen molar-refractivity contribution in [3.63, 3.8) is 0 Å². The molecule has 12 aromatic rings. The van der Waals surface area contributed by atoms with E-state index in [1.807, 2.05) is 12.1 Å². The van der Waals surface area contributed by atoms with E-state index in [2.05, 4.69) is 216 Å². The van der Waals surface area contributed by atoms with Crippen LogP contribution in [0.3, 0.4) is 0 Å². The molecule has 59 heavy (non-hydrogen) atoms. The minimum absolute atomic E-state index is 0.880. The van der Waals surface area contributed by atoms with Gasteiger partial charge in [0, 0.05) is 44.0 Å². The van der Waals surface area contributed by atoms with Crippen molar-refractivity contribution in [2.75, 3.05) is 4.90 Å². The van der Waals surface area contributed by atoms with Crippen molar-refractivity contribution >= 4 is 82.4 Å². The second-order valence-electron chi connectivity index (χ2n) is 15.3. The fourth-order valence-corrected chi connectivity index (χ4v) is 9.18. The highest BCUT2D eigenvalue weighted by Crippen LogP contribution is 2.45. The highest BCUT2D eigenvalue weighted by Gasteiger charge is 2.20. The fraction of sp³-hybridized carbons (Fsp3) is 0. The number of para-hydroxylation sites is 3. The first-order valence-corrected chi connectivity index (χ1v) is 20.2. The van der Waals surface area contributed by atoms with Crippen LogP contribution in [-0.4, -0.2) is 4.57 Å². The molecule has 2 aromatic heterocycles. The van der Waals surface area contributed by atoms with Gasteiger partial charge in [-0.2, -0.15) is 0 Å². The van der Waals surface area contributed by atoms with E-state index in [-0.39, 0.29) is 0 Å². The monoisotopic (exact) mass is 752 g/mol. The van der Waals surface area contributed by atoms with Crippen molar-refractivity contribution in [3.05, 3.63) is 218 Å². The topological polar surface area (TPSA) is 21.3 Å². The quantitative estimate of drug-likeness (QED) is 0.169. The molecule has 0 radical (unpaired) electrons. The Bertz CT molecular complexity index is 3560. The third-order valence-corrected chi connectivity index (χ3v) is 12.0.